The lowest BCUT2D eigenvalue weighted by atomic mass is 9.45. The average molecular weight is 302 g/mol. The van der Waals surface area contributed by atoms with Crippen molar-refractivity contribution in [2.24, 2.45) is 28.1 Å². The van der Waals surface area contributed by atoms with E-state index in [0.29, 0.717) is 11.8 Å². The third kappa shape index (κ3) is 2.10. The number of carboxylic acid groups (broad SMARTS) is 1. The van der Waals surface area contributed by atoms with Gasteiger partial charge in [-0.2, -0.15) is 0 Å². The van der Waals surface area contributed by atoms with E-state index in [1.165, 1.54) is 12.8 Å². The van der Waals surface area contributed by atoms with Crippen molar-refractivity contribution in [3.05, 3.63) is 24.3 Å². The maximum atomic E-state index is 12.0. The third-order valence-electron chi connectivity index (χ3n) is 7.38. The zero-order valence-electron chi connectivity index (χ0n) is 14.3. The molecule has 0 aliphatic heterocycles. The normalized spacial score (nSPS) is 47.9. The number of carbonyl (C=O) groups is 1. The summed E-state index contributed by atoms with van der Waals surface area (Å²) in [6.45, 7) is 10.7. The Morgan fingerprint density at radius 3 is 2.64 bits per heavy atom. The Balaban J connectivity index is 1.99. The minimum absolute atomic E-state index is 0.139. The fourth-order valence-electron chi connectivity index (χ4n) is 5.94. The van der Waals surface area contributed by atoms with Crippen molar-refractivity contribution in [2.75, 3.05) is 0 Å². The van der Waals surface area contributed by atoms with Gasteiger partial charge in [0.1, 0.15) is 0 Å². The van der Waals surface area contributed by atoms with E-state index in [2.05, 4.69) is 32.6 Å². The second-order valence-corrected chi connectivity index (χ2v) is 8.69. The molecule has 2 heteroatoms. The molecule has 3 rings (SSSR count). The van der Waals surface area contributed by atoms with Gasteiger partial charge >= 0.3 is 5.97 Å². The molecule has 0 aromatic carbocycles. The zero-order valence-corrected chi connectivity index (χ0v) is 14.3. The summed E-state index contributed by atoms with van der Waals surface area (Å²) in [6, 6.07) is 0. The van der Waals surface area contributed by atoms with Crippen LogP contribution in [0.15, 0.2) is 24.3 Å². The summed E-state index contributed by atoms with van der Waals surface area (Å²) in [5.74, 6) is 0.322. The van der Waals surface area contributed by atoms with Crippen LogP contribution in [-0.2, 0) is 4.79 Å². The van der Waals surface area contributed by atoms with Crippen LogP contribution in [0.4, 0.5) is 0 Å². The van der Waals surface area contributed by atoms with Gasteiger partial charge in [0, 0.05) is 5.41 Å². The quantitative estimate of drug-likeness (QED) is 0.711. The standard InChI is InChI=1S/C20H30O2/c1-5-18(2)12-9-15-14(13-18)7-8-16-19(15,3)10-6-11-20(16,4)17(21)22/h5,13,15-16H,1,6-12H2,2-4H3,(H,21,22)/t15?,16-,18?,19-,20-/m1/s1. The van der Waals surface area contributed by atoms with Gasteiger partial charge in [-0.25, -0.2) is 0 Å². The van der Waals surface area contributed by atoms with Gasteiger partial charge in [-0.3, -0.25) is 4.79 Å². The highest BCUT2D eigenvalue weighted by atomic mass is 16.4. The first-order valence-corrected chi connectivity index (χ1v) is 8.84. The molecule has 2 unspecified atom stereocenters. The van der Waals surface area contributed by atoms with Crippen molar-refractivity contribution >= 4 is 5.97 Å². The zero-order chi connectivity index (χ0) is 16.2. The molecule has 2 fully saturated rings. The Hall–Kier alpha value is -1.05. The van der Waals surface area contributed by atoms with Crippen LogP contribution in [0.25, 0.3) is 0 Å². The maximum absolute atomic E-state index is 12.0. The van der Waals surface area contributed by atoms with E-state index in [0.717, 1.165) is 32.1 Å². The molecule has 2 nitrogen and oxygen atoms in total. The summed E-state index contributed by atoms with van der Waals surface area (Å²) in [6.07, 6.45) is 12.1. The number of rotatable bonds is 2. The van der Waals surface area contributed by atoms with Crippen molar-refractivity contribution in [1.82, 2.24) is 0 Å². The Kier molecular flexibility index (Phi) is 3.58. The smallest absolute Gasteiger partial charge is 0.309 e. The van der Waals surface area contributed by atoms with Gasteiger partial charge in [0.15, 0.2) is 0 Å². The Labute approximate surface area is 134 Å². The molecule has 3 aliphatic rings. The molecule has 5 atom stereocenters. The van der Waals surface area contributed by atoms with E-state index >= 15 is 0 Å². The number of hydrogen-bond acceptors (Lipinski definition) is 1. The number of allylic oxidation sites excluding steroid dienone is 3. The molecule has 0 radical (unpaired) electrons. The lowest BCUT2D eigenvalue weighted by Gasteiger charge is -2.59. The fourth-order valence-corrected chi connectivity index (χ4v) is 5.94. The minimum Gasteiger partial charge on any atom is -0.481 e. The van der Waals surface area contributed by atoms with E-state index in [1.807, 2.05) is 6.92 Å². The molecule has 22 heavy (non-hydrogen) atoms. The first-order chi connectivity index (χ1) is 10.3. The summed E-state index contributed by atoms with van der Waals surface area (Å²) in [5.41, 5.74) is 1.36. The second kappa shape index (κ2) is 4.97. The highest BCUT2D eigenvalue weighted by molar-refractivity contribution is 5.75. The number of hydrogen-bond donors (Lipinski definition) is 1. The predicted octanol–water partition coefficient (Wildman–Crippen LogP) is 5.21. The topological polar surface area (TPSA) is 37.3 Å². The molecule has 2 saturated carbocycles. The molecule has 3 aliphatic carbocycles. The lowest BCUT2D eigenvalue weighted by molar-refractivity contribution is -0.164. The summed E-state index contributed by atoms with van der Waals surface area (Å²) in [7, 11) is 0. The van der Waals surface area contributed by atoms with Crippen molar-refractivity contribution in [3.63, 3.8) is 0 Å². The summed E-state index contributed by atoms with van der Waals surface area (Å²) in [4.78, 5) is 12.0. The van der Waals surface area contributed by atoms with Gasteiger partial charge in [0.05, 0.1) is 5.41 Å². The van der Waals surface area contributed by atoms with E-state index in [1.54, 1.807) is 5.57 Å². The second-order valence-electron chi connectivity index (χ2n) is 8.69. The molecule has 0 saturated heterocycles. The summed E-state index contributed by atoms with van der Waals surface area (Å²) in [5, 5.41) is 9.84. The molecule has 0 spiro atoms. The van der Waals surface area contributed by atoms with E-state index < -0.39 is 11.4 Å². The van der Waals surface area contributed by atoms with Crippen LogP contribution in [0.2, 0.25) is 0 Å². The van der Waals surface area contributed by atoms with Crippen LogP contribution in [0.1, 0.15) is 65.7 Å². The largest absolute Gasteiger partial charge is 0.481 e. The molecule has 0 amide bonds. The van der Waals surface area contributed by atoms with Gasteiger partial charge in [-0.05, 0) is 62.7 Å². The lowest BCUT2D eigenvalue weighted by Crippen LogP contribution is -2.54. The average Bonchev–Trinajstić information content (AvgIpc) is 2.46. The minimum atomic E-state index is -0.581. The SMILES string of the molecule is C=CC1(C)C=C2CC[C@H]3[C@](C)(C(=O)O)CCC[C@]3(C)C2CC1. The Morgan fingerprint density at radius 1 is 1.27 bits per heavy atom. The molecule has 0 bridgehead atoms. The van der Waals surface area contributed by atoms with Gasteiger partial charge < -0.3 is 5.11 Å². The van der Waals surface area contributed by atoms with Crippen LogP contribution >= 0.6 is 0 Å². The highest BCUT2D eigenvalue weighted by Crippen LogP contribution is 2.63. The Bertz CT molecular complexity index is 534. The van der Waals surface area contributed by atoms with Crippen LogP contribution in [0.3, 0.4) is 0 Å². The first-order valence-electron chi connectivity index (χ1n) is 8.84. The predicted molar refractivity (Wildman–Crippen MR) is 89.5 cm³/mol. The van der Waals surface area contributed by atoms with Crippen molar-refractivity contribution in [1.29, 1.82) is 0 Å². The van der Waals surface area contributed by atoms with Crippen molar-refractivity contribution in [3.8, 4) is 0 Å². The van der Waals surface area contributed by atoms with Gasteiger partial charge in [0.2, 0.25) is 0 Å². The highest BCUT2D eigenvalue weighted by Gasteiger charge is 2.58. The van der Waals surface area contributed by atoms with Crippen LogP contribution in [0.5, 0.6) is 0 Å². The molecular weight excluding hydrogens is 272 g/mol. The summed E-state index contributed by atoms with van der Waals surface area (Å²) >= 11 is 0. The van der Waals surface area contributed by atoms with Crippen molar-refractivity contribution < 1.29 is 9.90 Å². The molecule has 122 valence electrons. The van der Waals surface area contributed by atoms with Crippen LogP contribution < -0.4 is 0 Å². The fraction of sp³-hybridized carbons (Fsp3) is 0.750. The Morgan fingerprint density at radius 2 is 2.00 bits per heavy atom. The van der Waals surface area contributed by atoms with Crippen molar-refractivity contribution in [2.45, 2.75) is 65.7 Å². The van der Waals surface area contributed by atoms with Gasteiger partial charge in [0.25, 0.3) is 0 Å². The first kappa shape index (κ1) is 15.8. The van der Waals surface area contributed by atoms with E-state index in [9.17, 15) is 9.90 Å². The molecule has 0 heterocycles. The van der Waals surface area contributed by atoms with E-state index in [-0.39, 0.29) is 10.8 Å². The van der Waals surface area contributed by atoms with Gasteiger partial charge in [-0.1, -0.05) is 38.0 Å². The van der Waals surface area contributed by atoms with Crippen LogP contribution in [-0.4, -0.2) is 11.1 Å². The molecule has 0 aromatic rings. The van der Waals surface area contributed by atoms with E-state index in [4.69, 9.17) is 0 Å². The maximum Gasteiger partial charge on any atom is 0.309 e. The monoisotopic (exact) mass is 302 g/mol. The number of fused-ring (bicyclic) bond motifs is 3. The van der Waals surface area contributed by atoms with Crippen LogP contribution in [0, 0.1) is 28.1 Å². The van der Waals surface area contributed by atoms with Gasteiger partial charge in [-0.15, -0.1) is 6.58 Å². The summed E-state index contributed by atoms with van der Waals surface area (Å²) < 4.78 is 0. The third-order valence-corrected chi connectivity index (χ3v) is 7.38. The number of aliphatic carboxylic acids is 1. The molecule has 0 aromatic heterocycles. The number of carboxylic acids is 1. The molecular formula is C20H30O2. The molecule has 1 N–H and O–H groups in total.